The van der Waals surface area contributed by atoms with E-state index in [4.69, 9.17) is 5.73 Å². The summed E-state index contributed by atoms with van der Waals surface area (Å²) < 4.78 is 42.5. The number of nitrogens with two attached hydrogens (primary N) is 1. The number of carbonyl (C=O) groups excluding carboxylic acids is 1. The lowest BCUT2D eigenvalue weighted by Crippen LogP contribution is -2.25. The Morgan fingerprint density at radius 3 is 2.15 bits per heavy atom. The van der Waals surface area contributed by atoms with Crippen LogP contribution >= 0.6 is 0 Å². The Hall–Kier alpha value is -3.55. The molecule has 1 heterocycles. The first-order valence-electron chi connectivity index (χ1n) is 7.30. The molecule has 0 saturated carbocycles. The summed E-state index contributed by atoms with van der Waals surface area (Å²) in [6.07, 6.45) is 0. The molecular weight excluding hydrogens is 349 g/mol. The van der Waals surface area contributed by atoms with Crippen molar-refractivity contribution in [1.29, 1.82) is 0 Å². The zero-order valence-electron chi connectivity index (χ0n) is 13.0. The summed E-state index contributed by atoms with van der Waals surface area (Å²) >= 11 is 0. The molecule has 0 atom stereocenters. The Morgan fingerprint density at radius 1 is 0.923 bits per heavy atom. The number of phenols is 1. The number of ketones is 1. The molecule has 2 aromatic carbocycles. The van der Waals surface area contributed by atoms with Gasteiger partial charge in [-0.1, -0.05) is 12.1 Å². The number of nitrogen functional groups attached to an aromatic ring is 1. The van der Waals surface area contributed by atoms with Gasteiger partial charge < -0.3 is 10.8 Å². The number of aromatic nitrogens is 1. The number of hydrogen-bond donors (Lipinski definition) is 2. The third-order valence-electron chi connectivity index (χ3n) is 3.72. The third-order valence-corrected chi connectivity index (χ3v) is 3.72. The maximum absolute atomic E-state index is 14.1. The van der Waals surface area contributed by atoms with E-state index in [9.17, 15) is 27.9 Å². The van der Waals surface area contributed by atoms with E-state index in [-0.39, 0.29) is 11.1 Å². The molecule has 0 aliphatic carbocycles. The normalized spacial score (nSPS) is 10.7. The highest BCUT2D eigenvalue weighted by Gasteiger charge is 2.22. The highest BCUT2D eigenvalue weighted by molar-refractivity contribution is 6.11. The zero-order chi connectivity index (χ0) is 19.0. The SMILES string of the molecule is Nc1c(C(=O)c2ccccc2F)ccc(=O)n1-c1c(F)cc(O)cc1F. The fourth-order valence-corrected chi connectivity index (χ4v) is 2.53. The standard InChI is InChI=1S/C18H11F3N2O3/c19-12-4-2-1-3-10(12)17(26)11-5-6-15(25)23(18(11)22)16-13(20)7-9(24)8-14(16)21/h1-8,24H,22H2. The van der Waals surface area contributed by atoms with Gasteiger partial charge in [-0.25, -0.2) is 13.2 Å². The van der Waals surface area contributed by atoms with Gasteiger partial charge in [0.15, 0.2) is 17.4 Å². The van der Waals surface area contributed by atoms with E-state index in [0.717, 1.165) is 18.2 Å². The Morgan fingerprint density at radius 2 is 1.54 bits per heavy atom. The van der Waals surface area contributed by atoms with E-state index in [2.05, 4.69) is 0 Å². The quantitative estimate of drug-likeness (QED) is 0.704. The molecule has 0 saturated heterocycles. The smallest absolute Gasteiger partial charge is 0.256 e. The van der Waals surface area contributed by atoms with Gasteiger partial charge in [-0.15, -0.1) is 0 Å². The second kappa shape index (κ2) is 6.40. The monoisotopic (exact) mass is 360 g/mol. The Labute approximate surface area is 144 Å². The van der Waals surface area contributed by atoms with Crippen LogP contribution in [-0.2, 0) is 0 Å². The van der Waals surface area contributed by atoms with Crippen LogP contribution in [0, 0.1) is 17.5 Å². The van der Waals surface area contributed by atoms with Crippen molar-refractivity contribution in [1.82, 2.24) is 4.57 Å². The molecular formula is C18H11F3N2O3. The summed E-state index contributed by atoms with van der Waals surface area (Å²) in [5.41, 5.74) is 3.43. The number of halogens is 3. The molecule has 26 heavy (non-hydrogen) atoms. The predicted molar refractivity (Wildman–Crippen MR) is 87.9 cm³/mol. The lowest BCUT2D eigenvalue weighted by atomic mass is 10.0. The van der Waals surface area contributed by atoms with Crippen molar-refractivity contribution in [3.63, 3.8) is 0 Å². The van der Waals surface area contributed by atoms with Crippen LogP contribution in [0.25, 0.3) is 5.69 Å². The van der Waals surface area contributed by atoms with Gasteiger partial charge in [0, 0.05) is 18.2 Å². The lowest BCUT2D eigenvalue weighted by molar-refractivity contribution is 0.103. The van der Waals surface area contributed by atoms with Crippen molar-refractivity contribution in [3.05, 3.63) is 87.5 Å². The van der Waals surface area contributed by atoms with Crippen molar-refractivity contribution in [2.75, 3.05) is 5.73 Å². The van der Waals surface area contributed by atoms with Gasteiger partial charge in [0.1, 0.15) is 23.1 Å². The van der Waals surface area contributed by atoms with E-state index >= 15 is 0 Å². The van der Waals surface area contributed by atoms with Crippen LogP contribution in [0.3, 0.4) is 0 Å². The highest BCUT2D eigenvalue weighted by Crippen LogP contribution is 2.26. The van der Waals surface area contributed by atoms with Crippen LogP contribution in [0.1, 0.15) is 15.9 Å². The van der Waals surface area contributed by atoms with E-state index < -0.39 is 46.0 Å². The first-order valence-corrected chi connectivity index (χ1v) is 7.30. The van der Waals surface area contributed by atoms with E-state index in [1.165, 1.54) is 18.2 Å². The van der Waals surface area contributed by atoms with Gasteiger partial charge in [-0.3, -0.25) is 14.2 Å². The number of nitrogens with zero attached hydrogens (tertiary/aromatic N) is 1. The van der Waals surface area contributed by atoms with Crippen LogP contribution in [0.4, 0.5) is 19.0 Å². The van der Waals surface area contributed by atoms with Gasteiger partial charge in [0.25, 0.3) is 5.56 Å². The molecule has 3 N–H and O–H groups in total. The maximum Gasteiger partial charge on any atom is 0.256 e. The number of phenolic OH excluding ortho intramolecular Hbond substituents is 1. The van der Waals surface area contributed by atoms with Crippen LogP contribution in [0.15, 0.2) is 53.3 Å². The minimum Gasteiger partial charge on any atom is -0.508 e. The first-order chi connectivity index (χ1) is 12.3. The van der Waals surface area contributed by atoms with Gasteiger partial charge in [-0.05, 0) is 18.2 Å². The minimum absolute atomic E-state index is 0.304. The van der Waals surface area contributed by atoms with Crippen molar-refractivity contribution in [3.8, 4) is 11.4 Å². The molecule has 0 aliphatic rings. The van der Waals surface area contributed by atoms with Gasteiger partial charge in [0.05, 0.1) is 11.1 Å². The second-order valence-corrected chi connectivity index (χ2v) is 5.37. The Balaban J connectivity index is 2.25. The van der Waals surface area contributed by atoms with E-state index in [1.807, 2.05) is 0 Å². The number of aromatic hydroxyl groups is 1. The molecule has 8 heteroatoms. The predicted octanol–water partition coefficient (Wildman–Crippen LogP) is 2.77. The molecule has 3 aromatic rings. The molecule has 0 bridgehead atoms. The number of hydrogen-bond acceptors (Lipinski definition) is 4. The lowest BCUT2D eigenvalue weighted by Gasteiger charge is -2.14. The summed E-state index contributed by atoms with van der Waals surface area (Å²) in [5, 5.41) is 9.23. The largest absolute Gasteiger partial charge is 0.508 e. The van der Waals surface area contributed by atoms with Gasteiger partial charge in [0.2, 0.25) is 0 Å². The molecule has 0 fully saturated rings. The summed E-state index contributed by atoms with van der Waals surface area (Å²) in [4.78, 5) is 24.7. The fraction of sp³-hybridized carbons (Fsp3) is 0. The molecule has 0 radical (unpaired) electrons. The topological polar surface area (TPSA) is 85.3 Å². The number of anilines is 1. The average Bonchev–Trinajstić information content (AvgIpc) is 2.57. The van der Waals surface area contributed by atoms with Crippen LogP contribution < -0.4 is 11.3 Å². The van der Waals surface area contributed by atoms with Crippen molar-refractivity contribution >= 4 is 11.6 Å². The van der Waals surface area contributed by atoms with E-state index in [1.54, 1.807) is 0 Å². The highest BCUT2D eigenvalue weighted by atomic mass is 19.1. The molecule has 0 amide bonds. The molecule has 0 spiro atoms. The van der Waals surface area contributed by atoms with E-state index in [0.29, 0.717) is 16.7 Å². The fourth-order valence-electron chi connectivity index (χ4n) is 2.53. The van der Waals surface area contributed by atoms with Gasteiger partial charge >= 0.3 is 0 Å². The molecule has 0 unspecified atom stereocenters. The summed E-state index contributed by atoms with van der Waals surface area (Å²) in [5.74, 6) is -5.42. The minimum atomic E-state index is -1.26. The number of carbonyl (C=O) groups is 1. The molecule has 3 rings (SSSR count). The first kappa shape index (κ1) is 17.3. The zero-order valence-corrected chi connectivity index (χ0v) is 13.0. The third kappa shape index (κ3) is 2.81. The van der Waals surface area contributed by atoms with Crippen LogP contribution in [0.2, 0.25) is 0 Å². The van der Waals surface area contributed by atoms with Crippen molar-refractivity contribution in [2.45, 2.75) is 0 Å². The molecule has 0 aliphatic heterocycles. The number of pyridine rings is 1. The van der Waals surface area contributed by atoms with Crippen LogP contribution in [-0.4, -0.2) is 15.5 Å². The number of rotatable bonds is 3. The number of benzene rings is 2. The molecule has 1 aromatic heterocycles. The average molecular weight is 360 g/mol. The second-order valence-electron chi connectivity index (χ2n) is 5.37. The van der Waals surface area contributed by atoms with Gasteiger partial charge in [-0.2, -0.15) is 0 Å². The van der Waals surface area contributed by atoms with Crippen molar-refractivity contribution < 1.29 is 23.1 Å². The maximum atomic E-state index is 14.1. The molecule has 5 nitrogen and oxygen atoms in total. The van der Waals surface area contributed by atoms with Crippen LogP contribution in [0.5, 0.6) is 5.75 Å². The Kier molecular flexibility index (Phi) is 4.25. The van der Waals surface area contributed by atoms with Crippen molar-refractivity contribution in [2.24, 2.45) is 0 Å². The summed E-state index contributed by atoms with van der Waals surface area (Å²) in [6, 6.07) is 8.23. The molecule has 132 valence electrons. The summed E-state index contributed by atoms with van der Waals surface area (Å²) in [7, 11) is 0. The summed E-state index contributed by atoms with van der Waals surface area (Å²) in [6.45, 7) is 0. The Bertz CT molecular complexity index is 1070.